The van der Waals surface area contributed by atoms with Gasteiger partial charge in [0.25, 0.3) is 0 Å². The molecule has 2 aromatic carbocycles. The first-order valence-electron chi connectivity index (χ1n) is 8.66. The molecule has 5 nitrogen and oxygen atoms in total. The zero-order valence-corrected chi connectivity index (χ0v) is 14.6. The number of hydrogen-bond donors (Lipinski definition) is 1. The number of aromatic nitrogens is 3. The summed E-state index contributed by atoms with van der Waals surface area (Å²) >= 11 is 0. The molecule has 1 amide bonds. The molecule has 4 aromatic rings. The molecule has 0 aliphatic rings. The second-order valence-electron chi connectivity index (χ2n) is 6.16. The highest BCUT2D eigenvalue weighted by molar-refractivity contribution is 5.91. The van der Waals surface area contributed by atoms with Crippen LogP contribution in [0.4, 0.5) is 5.82 Å². The van der Waals surface area contributed by atoms with Gasteiger partial charge in [0.05, 0.1) is 12.7 Å². The van der Waals surface area contributed by atoms with Crippen molar-refractivity contribution in [2.75, 3.05) is 5.32 Å². The molecule has 0 atom stereocenters. The third-order valence-corrected chi connectivity index (χ3v) is 4.24. The van der Waals surface area contributed by atoms with E-state index >= 15 is 0 Å². The van der Waals surface area contributed by atoms with E-state index in [1.165, 1.54) is 0 Å². The number of rotatable bonds is 5. The number of carbonyl (C=O) groups is 1. The second kappa shape index (κ2) is 7.66. The van der Waals surface area contributed by atoms with E-state index in [1.54, 1.807) is 18.7 Å². The number of imidazole rings is 1. The first-order chi connectivity index (χ1) is 13.3. The number of nitrogens with zero attached hydrogens (tertiary/aromatic N) is 3. The molecule has 0 saturated heterocycles. The van der Waals surface area contributed by atoms with E-state index in [0.717, 1.165) is 22.4 Å². The maximum absolute atomic E-state index is 12.3. The van der Waals surface area contributed by atoms with Crippen molar-refractivity contribution in [3.8, 4) is 16.8 Å². The van der Waals surface area contributed by atoms with Crippen LogP contribution in [0.3, 0.4) is 0 Å². The van der Waals surface area contributed by atoms with Crippen molar-refractivity contribution in [2.24, 2.45) is 0 Å². The summed E-state index contributed by atoms with van der Waals surface area (Å²) in [6.07, 6.45) is 7.42. The minimum atomic E-state index is -0.0923. The Morgan fingerprint density at radius 1 is 0.926 bits per heavy atom. The molecule has 0 aliphatic carbocycles. The lowest BCUT2D eigenvalue weighted by atomic mass is 10.1. The van der Waals surface area contributed by atoms with Crippen LogP contribution in [0, 0.1) is 0 Å². The van der Waals surface area contributed by atoms with Crippen LogP contribution in [-0.2, 0) is 11.2 Å². The minimum absolute atomic E-state index is 0.0923. The molecule has 4 rings (SSSR count). The van der Waals surface area contributed by atoms with Crippen molar-refractivity contribution in [3.05, 3.63) is 97.2 Å². The van der Waals surface area contributed by atoms with Gasteiger partial charge in [-0.05, 0) is 35.4 Å². The van der Waals surface area contributed by atoms with E-state index < -0.39 is 0 Å². The van der Waals surface area contributed by atoms with Gasteiger partial charge in [-0.15, -0.1) is 0 Å². The third kappa shape index (κ3) is 4.10. The van der Waals surface area contributed by atoms with Gasteiger partial charge in [0.1, 0.15) is 5.82 Å². The number of hydrogen-bond acceptors (Lipinski definition) is 3. The average Bonchev–Trinajstić information content (AvgIpc) is 3.25. The fourth-order valence-corrected chi connectivity index (χ4v) is 2.84. The normalized spacial score (nSPS) is 10.5. The van der Waals surface area contributed by atoms with Crippen LogP contribution in [0.5, 0.6) is 0 Å². The number of amides is 1. The van der Waals surface area contributed by atoms with Crippen molar-refractivity contribution < 1.29 is 4.79 Å². The molecule has 0 aliphatic heterocycles. The molecular weight excluding hydrogens is 336 g/mol. The summed E-state index contributed by atoms with van der Waals surface area (Å²) in [5, 5.41) is 2.85. The monoisotopic (exact) mass is 354 g/mol. The smallest absolute Gasteiger partial charge is 0.229 e. The number of carbonyl (C=O) groups excluding carboxylic acids is 1. The molecule has 0 radical (unpaired) electrons. The third-order valence-electron chi connectivity index (χ3n) is 4.24. The minimum Gasteiger partial charge on any atom is -0.310 e. The summed E-state index contributed by atoms with van der Waals surface area (Å²) < 4.78 is 1.92. The standard InChI is InChI=1S/C22H18N4O/c27-22(14-17-6-9-20(10-7-17)26-13-12-23-16-26)25-21-11-8-19(15-24-21)18-4-2-1-3-5-18/h1-13,15-16H,14H2,(H,24,25,27). The highest BCUT2D eigenvalue weighted by Gasteiger charge is 2.06. The van der Waals surface area contributed by atoms with Gasteiger partial charge in [0, 0.05) is 29.8 Å². The predicted molar refractivity (Wildman–Crippen MR) is 106 cm³/mol. The Morgan fingerprint density at radius 2 is 1.74 bits per heavy atom. The summed E-state index contributed by atoms with van der Waals surface area (Å²) in [6.45, 7) is 0. The van der Waals surface area contributed by atoms with Gasteiger partial charge in [0.2, 0.25) is 5.91 Å². The maximum Gasteiger partial charge on any atom is 0.229 e. The van der Waals surface area contributed by atoms with Crippen molar-refractivity contribution in [1.29, 1.82) is 0 Å². The first kappa shape index (κ1) is 16.7. The van der Waals surface area contributed by atoms with E-state index in [2.05, 4.69) is 15.3 Å². The van der Waals surface area contributed by atoms with Crippen molar-refractivity contribution in [3.63, 3.8) is 0 Å². The molecule has 2 heterocycles. The topological polar surface area (TPSA) is 59.8 Å². The number of nitrogens with one attached hydrogen (secondary N) is 1. The van der Waals surface area contributed by atoms with Crippen LogP contribution in [0.2, 0.25) is 0 Å². The Labute approximate surface area is 157 Å². The molecular formula is C22H18N4O. The van der Waals surface area contributed by atoms with Crippen molar-refractivity contribution in [1.82, 2.24) is 14.5 Å². The fourth-order valence-electron chi connectivity index (χ4n) is 2.84. The van der Waals surface area contributed by atoms with Crippen molar-refractivity contribution >= 4 is 11.7 Å². The van der Waals surface area contributed by atoms with Crippen LogP contribution in [0.1, 0.15) is 5.56 Å². The van der Waals surface area contributed by atoms with Gasteiger partial charge in [0.15, 0.2) is 0 Å². The van der Waals surface area contributed by atoms with Gasteiger partial charge in [-0.2, -0.15) is 0 Å². The summed E-state index contributed by atoms with van der Waals surface area (Å²) in [6, 6.07) is 21.6. The van der Waals surface area contributed by atoms with E-state index in [1.807, 2.05) is 77.5 Å². The Hall–Kier alpha value is -3.73. The summed E-state index contributed by atoms with van der Waals surface area (Å²) in [5.74, 6) is 0.458. The maximum atomic E-state index is 12.3. The molecule has 132 valence electrons. The van der Waals surface area contributed by atoms with E-state index in [4.69, 9.17) is 0 Å². The van der Waals surface area contributed by atoms with Gasteiger partial charge in [-0.1, -0.05) is 42.5 Å². The van der Waals surface area contributed by atoms with Gasteiger partial charge in [-0.25, -0.2) is 9.97 Å². The predicted octanol–water partition coefficient (Wildman–Crippen LogP) is 4.12. The largest absolute Gasteiger partial charge is 0.310 e. The van der Waals surface area contributed by atoms with Gasteiger partial charge < -0.3 is 9.88 Å². The number of benzene rings is 2. The van der Waals surface area contributed by atoms with E-state index in [-0.39, 0.29) is 5.91 Å². The molecule has 0 fully saturated rings. The highest BCUT2D eigenvalue weighted by atomic mass is 16.1. The van der Waals surface area contributed by atoms with Crippen LogP contribution < -0.4 is 5.32 Å². The average molecular weight is 354 g/mol. The van der Waals surface area contributed by atoms with Crippen LogP contribution in [0.15, 0.2) is 91.6 Å². The summed E-state index contributed by atoms with van der Waals surface area (Å²) in [4.78, 5) is 20.7. The fraction of sp³-hybridized carbons (Fsp3) is 0.0455. The summed E-state index contributed by atoms with van der Waals surface area (Å²) in [5.41, 5.74) is 4.07. The van der Waals surface area contributed by atoms with Crippen LogP contribution in [-0.4, -0.2) is 20.4 Å². The SMILES string of the molecule is O=C(Cc1ccc(-n2ccnc2)cc1)Nc1ccc(-c2ccccc2)cn1. The molecule has 5 heteroatoms. The Morgan fingerprint density at radius 3 is 2.41 bits per heavy atom. The van der Waals surface area contributed by atoms with Crippen molar-refractivity contribution in [2.45, 2.75) is 6.42 Å². The molecule has 0 spiro atoms. The Kier molecular flexibility index (Phi) is 4.74. The van der Waals surface area contributed by atoms with Gasteiger partial charge >= 0.3 is 0 Å². The molecule has 0 bridgehead atoms. The van der Waals surface area contributed by atoms with Crippen LogP contribution in [0.25, 0.3) is 16.8 Å². The first-order valence-corrected chi connectivity index (χ1v) is 8.66. The lowest BCUT2D eigenvalue weighted by Crippen LogP contribution is -2.15. The van der Waals surface area contributed by atoms with Gasteiger partial charge in [-0.3, -0.25) is 4.79 Å². The zero-order valence-electron chi connectivity index (χ0n) is 14.6. The Bertz CT molecular complexity index is 1010. The number of pyridine rings is 1. The molecule has 0 unspecified atom stereocenters. The van der Waals surface area contributed by atoms with E-state index in [0.29, 0.717) is 12.2 Å². The van der Waals surface area contributed by atoms with Crippen LogP contribution >= 0.6 is 0 Å². The molecule has 27 heavy (non-hydrogen) atoms. The quantitative estimate of drug-likeness (QED) is 0.587. The Balaban J connectivity index is 1.38. The second-order valence-corrected chi connectivity index (χ2v) is 6.16. The zero-order chi connectivity index (χ0) is 18.5. The highest BCUT2D eigenvalue weighted by Crippen LogP contribution is 2.19. The molecule has 2 aromatic heterocycles. The summed E-state index contributed by atoms with van der Waals surface area (Å²) in [7, 11) is 0. The lowest BCUT2D eigenvalue weighted by Gasteiger charge is -2.07. The molecule has 1 N–H and O–H groups in total. The lowest BCUT2D eigenvalue weighted by molar-refractivity contribution is -0.115. The number of anilines is 1. The molecule has 0 saturated carbocycles. The van der Waals surface area contributed by atoms with E-state index in [9.17, 15) is 4.79 Å².